The van der Waals surface area contributed by atoms with E-state index in [1.165, 1.54) is 33.0 Å². The molecule has 1 nitrogen and oxygen atoms in total. The average molecular weight is 282 g/mol. The number of hydrogen-bond acceptors (Lipinski definition) is 1. The lowest BCUT2D eigenvalue weighted by Crippen LogP contribution is -1.88. The van der Waals surface area contributed by atoms with E-state index in [-0.39, 0.29) is 0 Å². The van der Waals surface area contributed by atoms with Crippen molar-refractivity contribution in [2.45, 2.75) is 6.42 Å². The summed E-state index contributed by atoms with van der Waals surface area (Å²) in [5.41, 5.74) is 5.20. The van der Waals surface area contributed by atoms with Crippen LogP contribution >= 0.6 is 0 Å². The lowest BCUT2D eigenvalue weighted by molar-refractivity contribution is 0.481. The molecule has 0 unspecified atom stereocenters. The van der Waals surface area contributed by atoms with E-state index >= 15 is 0 Å². The van der Waals surface area contributed by atoms with Gasteiger partial charge < -0.3 is 5.11 Å². The van der Waals surface area contributed by atoms with Crippen LogP contribution in [0, 0.1) is 0 Å². The summed E-state index contributed by atoms with van der Waals surface area (Å²) in [4.78, 5) is 0. The average Bonchev–Trinajstić information content (AvgIpc) is 2.94. The van der Waals surface area contributed by atoms with E-state index in [1.807, 2.05) is 6.07 Å². The van der Waals surface area contributed by atoms with Crippen molar-refractivity contribution in [3.05, 3.63) is 77.9 Å². The number of phenolic OH excluding ortho intramolecular Hbond substituents is 1. The fourth-order valence-electron chi connectivity index (χ4n) is 3.90. The summed E-state index contributed by atoms with van der Waals surface area (Å²) in [7, 11) is 0. The molecule has 0 atom stereocenters. The van der Waals surface area contributed by atoms with Crippen molar-refractivity contribution in [3.8, 4) is 16.9 Å². The van der Waals surface area contributed by atoms with E-state index in [4.69, 9.17) is 0 Å². The van der Waals surface area contributed by atoms with Gasteiger partial charge in [-0.2, -0.15) is 0 Å². The van der Waals surface area contributed by atoms with E-state index in [0.717, 1.165) is 17.2 Å². The monoisotopic (exact) mass is 282 g/mol. The highest BCUT2D eigenvalue weighted by atomic mass is 16.3. The Morgan fingerprint density at radius 3 is 2.32 bits per heavy atom. The summed E-state index contributed by atoms with van der Waals surface area (Å²) in [6.45, 7) is 0. The van der Waals surface area contributed by atoms with Gasteiger partial charge in [0.15, 0.2) is 0 Å². The largest absolute Gasteiger partial charge is 0.507 e. The third kappa shape index (κ3) is 1.38. The molecule has 22 heavy (non-hydrogen) atoms. The van der Waals surface area contributed by atoms with Crippen LogP contribution in [0.25, 0.3) is 32.7 Å². The van der Waals surface area contributed by atoms with Gasteiger partial charge in [0, 0.05) is 5.39 Å². The quantitative estimate of drug-likeness (QED) is 0.384. The molecule has 0 amide bonds. The Labute approximate surface area is 128 Å². The van der Waals surface area contributed by atoms with Gasteiger partial charge >= 0.3 is 0 Å². The smallest absolute Gasteiger partial charge is 0.123 e. The molecule has 4 aromatic carbocycles. The molecule has 0 aliphatic heterocycles. The highest BCUT2D eigenvalue weighted by Gasteiger charge is 2.24. The van der Waals surface area contributed by atoms with Crippen molar-refractivity contribution >= 4 is 21.5 Å². The second-order valence-corrected chi connectivity index (χ2v) is 5.93. The van der Waals surface area contributed by atoms with Crippen LogP contribution < -0.4 is 0 Å². The molecule has 0 fully saturated rings. The molecule has 1 N–H and O–H groups in total. The standard InChI is InChI=1S/C21H14O/c22-19-11-5-10-17-15-8-3-4-9-16(15)20-14-7-2-1-6-13(14)12-18(20)21(17)19/h1-11,22H,12H2. The molecule has 1 aliphatic rings. The molecule has 5 rings (SSSR count). The van der Waals surface area contributed by atoms with Crippen LogP contribution in [-0.2, 0) is 6.42 Å². The molecule has 104 valence electrons. The van der Waals surface area contributed by atoms with Crippen LogP contribution in [0.15, 0.2) is 66.7 Å². The molecule has 4 aromatic rings. The fraction of sp³-hybridized carbons (Fsp3) is 0.0476. The summed E-state index contributed by atoms with van der Waals surface area (Å²) in [5.74, 6) is 0.382. The van der Waals surface area contributed by atoms with Gasteiger partial charge in [0.1, 0.15) is 5.75 Å². The van der Waals surface area contributed by atoms with Crippen molar-refractivity contribution in [3.63, 3.8) is 0 Å². The Kier molecular flexibility index (Phi) is 2.21. The molecule has 0 bridgehead atoms. The first-order chi connectivity index (χ1) is 10.8. The van der Waals surface area contributed by atoms with Gasteiger partial charge in [-0.1, -0.05) is 60.7 Å². The van der Waals surface area contributed by atoms with Gasteiger partial charge in [0.2, 0.25) is 0 Å². The zero-order valence-electron chi connectivity index (χ0n) is 12.0. The molecule has 0 aromatic heterocycles. The molecule has 0 saturated heterocycles. The molecule has 0 radical (unpaired) electrons. The van der Waals surface area contributed by atoms with E-state index in [1.54, 1.807) is 6.07 Å². The van der Waals surface area contributed by atoms with Gasteiger partial charge in [0.05, 0.1) is 0 Å². The molecular formula is C21H14O. The maximum Gasteiger partial charge on any atom is 0.123 e. The van der Waals surface area contributed by atoms with Gasteiger partial charge in [-0.15, -0.1) is 0 Å². The Hall–Kier alpha value is -2.80. The SMILES string of the molecule is Oc1cccc2c1c1c(c3ccccc32)-c2ccccc2C1. The van der Waals surface area contributed by atoms with E-state index in [9.17, 15) is 5.11 Å². The predicted octanol–water partition coefficient (Wildman–Crippen LogP) is 5.27. The minimum atomic E-state index is 0.382. The zero-order chi connectivity index (χ0) is 14.7. The van der Waals surface area contributed by atoms with Crippen LogP contribution in [0.3, 0.4) is 0 Å². The third-order valence-corrected chi connectivity index (χ3v) is 4.79. The highest BCUT2D eigenvalue weighted by molar-refractivity contribution is 6.18. The lowest BCUT2D eigenvalue weighted by Gasteiger charge is -2.13. The second kappa shape index (κ2) is 4.11. The maximum absolute atomic E-state index is 10.5. The number of benzene rings is 4. The van der Waals surface area contributed by atoms with E-state index in [2.05, 4.69) is 54.6 Å². The number of phenols is 1. The number of hydrogen-bond donors (Lipinski definition) is 1. The minimum absolute atomic E-state index is 0.382. The topological polar surface area (TPSA) is 20.2 Å². The molecule has 0 heterocycles. The molecular weight excluding hydrogens is 268 g/mol. The highest BCUT2D eigenvalue weighted by Crippen LogP contribution is 2.47. The Bertz CT molecular complexity index is 1060. The van der Waals surface area contributed by atoms with Crippen LogP contribution in [0.4, 0.5) is 0 Å². The minimum Gasteiger partial charge on any atom is -0.507 e. The first-order valence-corrected chi connectivity index (χ1v) is 7.58. The van der Waals surface area contributed by atoms with Gasteiger partial charge in [0.25, 0.3) is 0 Å². The maximum atomic E-state index is 10.5. The molecule has 0 spiro atoms. The van der Waals surface area contributed by atoms with Crippen molar-refractivity contribution < 1.29 is 5.11 Å². The molecule has 1 heteroatoms. The lowest BCUT2D eigenvalue weighted by atomic mass is 9.91. The molecule has 1 aliphatic carbocycles. The number of rotatable bonds is 0. The summed E-state index contributed by atoms with van der Waals surface area (Å²) in [5, 5.41) is 15.1. The normalized spacial score (nSPS) is 12.5. The van der Waals surface area contributed by atoms with Crippen LogP contribution in [0.2, 0.25) is 0 Å². The van der Waals surface area contributed by atoms with Crippen molar-refractivity contribution in [1.82, 2.24) is 0 Å². The first kappa shape index (κ1) is 11.8. The Morgan fingerprint density at radius 2 is 1.41 bits per heavy atom. The summed E-state index contributed by atoms with van der Waals surface area (Å²) >= 11 is 0. The molecule has 0 saturated carbocycles. The van der Waals surface area contributed by atoms with Crippen molar-refractivity contribution in [1.29, 1.82) is 0 Å². The number of fused-ring (bicyclic) bond motifs is 8. The second-order valence-electron chi connectivity index (χ2n) is 5.93. The van der Waals surface area contributed by atoms with Crippen LogP contribution in [0.1, 0.15) is 11.1 Å². The van der Waals surface area contributed by atoms with E-state index < -0.39 is 0 Å². The van der Waals surface area contributed by atoms with E-state index in [0.29, 0.717) is 5.75 Å². The van der Waals surface area contributed by atoms with Crippen molar-refractivity contribution in [2.75, 3.05) is 0 Å². The number of aromatic hydroxyl groups is 1. The summed E-state index contributed by atoms with van der Waals surface area (Å²) in [6.07, 6.45) is 0.893. The Balaban J connectivity index is 2.10. The van der Waals surface area contributed by atoms with Crippen LogP contribution in [0.5, 0.6) is 5.75 Å². The van der Waals surface area contributed by atoms with Crippen molar-refractivity contribution in [2.24, 2.45) is 0 Å². The summed E-state index contributed by atoms with van der Waals surface area (Å²) < 4.78 is 0. The predicted molar refractivity (Wildman–Crippen MR) is 91.4 cm³/mol. The van der Waals surface area contributed by atoms with Gasteiger partial charge in [-0.05, 0) is 50.9 Å². The van der Waals surface area contributed by atoms with Gasteiger partial charge in [-0.25, -0.2) is 0 Å². The zero-order valence-corrected chi connectivity index (χ0v) is 12.0. The third-order valence-electron chi connectivity index (χ3n) is 4.79. The summed E-state index contributed by atoms with van der Waals surface area (Å²) in [6, 6.07) is 22.9. The van der Waals surface area contributed by atoms with Crippen LogP contribution in [-0.4, -0.2) is 5.11 Å². The Morgan fingerprint density at radius 1 is 0.682 bits per heavy atom. The fourth-order valence-corrected chi connectivity index (χ4v) is 3.90. The first-order valence-electron chi connectivity index (χ1n) is 7.58. The van der Waals surface area contributed by atoms with Gasteiger partial charge in [-0.3, -0.25) is 0 Å².